The number of halogens is 1. The van der Waals surface area contributed by atoms with Crippen LogP contribution in [-0.2, 0) is 10.0 Å². The maximum absolute atomic E-state index is 12.4. The van der Waals surface area contributed by atoms with Gasteiger partial charge in [-0.2, -0.15) is 0 Å². The molecule has 2 aromatic carbocycles. The number of hydrogen-bond donors (Lipinski definition) is 2. The van der Waals surface area contributed by atoms with Crippen molar-refractivity contribution in [3.05, 3.63) is 57.6 Å². The van der Waals surface area contributed by atoms with E-state index in [1.165, 1.54) is 24.3 Å². The molecule has 0 bridgehead atoms. The van der Waals surface area contributed by atoms with Crippen molar-refractivity contribution in [2.45, 2.75) is 18.7 Å². The summed E-state index contributed by atoms with van der Waals surface area (Å²) in [6.07, 6.45) is 0. The van der Waals surface area contributed by atoms with E-state index in [4.69, 9.17) is 5.11 Å². The van der Waals surface area contributed by atoms with Gasteiger partial charge in [-0.1, -0.05) is 0 Å². The third-order valence-electron chi connectivity index (χ3n) is 3.22. The summed E-state index contributed by atoms with van der Waals surface area (Å²) in [5.41, 5.74) is 2.24. The van der Waals surface area contributed by atoms with Crippen LogP contribution in [0.2, 0.25) is 0 Å². The molecule has 0 unspecified atom stereocenters. The first-order chi connectivity index (χ1) is 10.2. The zero-order valence-electron chi connectivity index (χ0n) is 11.9. The molecule has 7 heteroatoms. The fourth-order valence-electron chi connectivity index (χ4n) is 1.85. The Hall–Kier alpha value is -1.86. The third kappa shape index (κ3) is 3.48. The van der Waals surface area contributed by atoms with E-state index < -0.39 is 16.0 Å². The summed E-state index contributed by atoms with van der Waals surface area (Å²) in [6, 6.07) is 8.85. The second kappa shape index (κ2) is 6.10. The minimum atomic E-state index is -3.76. The van der Waals surface area contributed by atoms with Gasteiger partial charge in [-0.25, -0.2) is 13.2 Å². The van der Waals surface area contributed by atoms with Crippen LogP contribution in [0.4, 0.5) is 5.69 Å². The number of hydrogen-bond acceptors (Lipinski definition) is 3. The van der Waals surface area contributed by atoms with Crippen LogP contribution in [0.15, 0.2) is 45.8 Å². The first-order valence-electron chi connectivity index (χ1n) is 6.33. The first-order valence-corrected chi connectivity index (χ1v) is 8.61. The number of carboxylic acids is 1. The number of anilines is 1. The van der Waals surface area contributed by atoms with E-state index in [9.17, 15) is 13.2 Å². The summed E-state index contributed by atoms with van der Waals surface area (Å²) in [7, 11) is -3.76. The zero-order valence-corrected chi connectivity index (χ0v) is 14.3. The van der Waals surface area contributed by atoms with Crippen molar-refractivity contribution in [3.8, 4) is 0 Å². The number of aryl methyl sites for hydroxylation is 2. The largest absolute Gasteiger partial charge is 0.478 e. The lowest BCUT2D eigenvalue weighted by Gasteiger charge is -2.12. The van der Waals surface area contributed by atoms with E-state index >= 15 is 0 Å². The molecule has 0 aliphatic carbocycles. The number of rotatable bonds is 4. The van der Waals surface area contributed by atoms with Crippen molar-refractivity contribution in [2.75, 3.05) is 4.72 Å². The van der Waals surface area contributed by atoms with Gasteiger partial charge < -0.3 is 5.11 Å². The van der Waals surface area contributed by atoms with E-state index in [2.05, 4.69) is 20.7 Å². The number of benzene rings is 2. The average molecular weight is 384 g/mol. The van der Waals surface area contributed by atoms with Crippen LogP contribution in [0, 0.1) is 13.8 Å². The van der Waals surface area contributed by atoms with Crippen molar-refractivity contribution in [1.29, 1.82) is 0 Å². The fraction of sp³-hybridized carbons (Fsp3) is 0.133. The molecule has 0 radical (unpaired) electrons. The second-order valence-corrected chi connectivity index (χ2v) is 7.36. The van der Waals surface area contributed by atoms with Crippen LogP contribution >= 0.6 is 15.9 Å². The molecule has 0 atom stereocenters. The highest BCUT2D eigenvalue weighted by molar-refractivity contribution is 9.10. The van der Waals surface area contributed by atoms with Crippen LogP contribution < -0.4 is 4.72 Å². The quantitative estimate of drug-likeness (QED) is 0.844. The molecular weight excluding hydrogens is 370 g/mol. The fourth-order valence-corrected chi connectivity index (χ4v) is 4.15. The van der Waals surface area contributed by atoms with E-state index in [1.807, 2.05) is 13.8 Å². The number of carbonyl (C=O) groups is 1. The van der Waals surface area contributed by atoms with Gasteiger partial charge in [0, 0.05) is 10.2 Å². The van der Waals surface area contributed by atoms with Gasteiger partial charge in [-0.15, -0.1) is 0 Å². The third-order valence-corrected chi connectivity index (χ3v) is 5.56. The Bertz CT molecular complexity index is 829. The van der Waals surface area contributed by atoms with Crippen LogP contribution in [0.25, 0.3) is 0 Å². The molecule has 2 aromatic rings. The molecule has 2 rings (SSSR count). The van der Waals surface area contributed by atoms with Crippen molar-refractivity contribution >= 4 is 37.6 Å². The summed E-state index contributed by atoms with van der Waals surface area (Å²) >= 11 is 3.26. The van der Waals surface area contributed by atoms with Gasteiger partial charge >= 0.3 is 5.97 Å². The highest BCUT2D eigenvalue weighted by atomic mass is 79.9. The molecule has 0 saturated carbocycles. The van der Waals surface area contributed by atoms with Crippen molar-refractivity contribution in [1.82, 2.24) is 0 Å². The summed E-state index contributed by atoms with van der Waals surface area (Å²) < 4.78 is 27.8. The average Bonchev–Trinajstić information content (AvgIpc) is 2.42. The second-order valence-electron chi connectivity index (χ2n) is 4.85. The van der Waals surface area contributed by atoms with Gasteiger partial charge in [0.05, 0.1) is 5.56 Å². The van der Waals surface area contributed by atoms with Crippen LogP contribution in [0.3, 0.4) is 0 Å². The molecular formula is C15H14BrNO4S. The Morgan fingerprint density at radius 2 is 1.64 bits per heavy atom. The van der Waals surface area contributed by atoms with Crippen molar-refractivity contribution < 1.29 is 18.3 Å². The maximum atomic E-state index is 12.4. The molecule has 0 aliphatic heterocycles. The predicted octanol–water partition coefficient (Wildman–Crippen LogP) is 3.56. The lowest BCUT2D eigenvalue weighted by Crippen LogP contribution is -2.14. The Balaban J connectivity index is 2.35. The summed E-state index contributed by atoms with van der Waals surface area (Å²) in [5, 5.41) is 8.83. The normalized spacial score (nSPS) is 11.2. The van der Waals surface area contributed by atoms with Gasteiger partial charge in [0.25, 0.3) is 10.0 Å². The van der Waals surface area contributed by atoms with Crippen molar-refractivity contribution in [3.63, 3.8) is 0 Å². The predicted molar refractivity (Wildman–Crippen MR) is 87.8 cm³/mol. The topological polar surface area (TPSA) is 83.5 Å². The highest BCUT2D eigenvalue weighted by Crippen LogP contribution is 2.27. The lowest BCUT2D eigenvalue weighted by molar-refractivity contribution is 0.0697. The monoisotopic (exact) mass is 383 g/mol. The minimum Gasteiger partial charge on any atom is -0.478 e. The molecule has 0 amide bonds. The van der Waals surface area contributed by atoms with E-state index in [0.717, 1.165) is 11.1 Å². The molecule has 0 aliphatic rings. The molecule has 0 heterocycles. The molecule has 5 nitrogen and oxygen atoms in total. The lowest BCUT2D eigenvalue weighted by atomic mass is 10.1. The maximum Gasteiger partial charge on any atom is 0.335 e. The SMILES string of the molecule is Cc1cc(Br)c(S(=O)(=O)Nc2ccc(C(=O)O)cc2)cc1C. The van der Waals surface area contributed by atoms with Crippen LogP contribution in [0.5, 0.6) is 0 Å². The van der Waals surface area contributed by atoms with Crippen LogP contribution in [0.1, 0.15) is 21.5 Å². The molecule has 116 valence electrons. The number of carboxylic acid groups (broad SMARTS) is 1. The Kier molecular flexibility index (Phi) is 4.58. The molecule has 22 heavy (non-hydrogen) atoms. The molecule has 0 fully saturated rings. The first kappa shape index (κ1) is 16.5. The number of aromatic carboxylic acids is 1. The molecule has 2 N–H and O–H groups in total. The minimum absolute atomic E-state index is 0.0929. The summed E-state index contributed by atoms with van der Waals surface area (Å²) in [6.45, 7) is 3.73. The standard InChI is InChI=1S/C15H14BrNO4S/c1-9-7-13(16)14(8-10(9)2)22(20,21)17-12-5-3-11(4-6-12)15(18)19/h3-8,17H,1-2H3,(H,18,19). The van der Waals surface area contributed by atoms with Crippen molar-refractivity contribution in [2.24, 2.45) is 0 Å². The molecule has 0 spiro atoms. The molecule has 0 aromatic heterocycles. The van der Waals surface area contributed by atoms with Gasteiger partial charge in [0.2, 0.25) is 0 Å². The summed E-state index contributed by atoms with van der Waals surface area (Å²) in [5.74, 6) is -1.06. The van der Waals surface area contributed by atoms with E-state index in [1.54, 1.807) is 12.1 Å². The van der Waals surface area contributed by atoms with E-state index in [0.29, 0.717) is 10.2 Å². The zero-order chi connectivity index (χ0) is 16.5. The summed E-state index contributed by atoms with van der Waals surface area (Å²) in [4.78, 5) is 10.9. The van der Waals surface area contributed by atoms with Crippen LogP contribution in [-0.4, -0.2) is 19.5 Å². The van der Waals surface area contributed by atoms with Gasteiger partial charge in [-0.3, -0.25) is 4.72 Å². The Labute approximate surface area is 137 Å². The van der Waals surface area contributed by atoms with Gasteiger partial charge in [0.15, 0.2) is 0 Å². The number of sulfonamides is 1. The Morgan fingerprint density at radius 3 is 2.18 bits per heavy atom. The van der Waals surface area contributed by atoms with Gasteiger partial charge in [0.1, 0.15) is 4.90 Å². The molecule has 0 saturated heterocycles. The smallest absolute Gasteiger partial charge is 0.335 e. The Morgan fingerprint density at radius 1 is 1.09 bits per heavy atom. The number of nitrogens with one attached hydrogen (secondary N) is 1. The highest BCUT2D eigenvalue weighted by Gasteiger charge is 2.19. The van der Waals surface area contributed by atoms with Gasteiger partial charge in [-0.05, 0) is 77.3 Å². The van der Waals surface area contributed by atoms with E-state index in [-0.39, 0.29) is 10.5 Å².